The molecule has 0 N–H and O–H groups in total. The lowest BCUT2D eigenvalue weighted by Crippen LogP contribution is -2.15. The minimum Gasteiger partial charge on any atom is -0.380 e. The molecule has 0 aliphatic carbocycles. The maximum atomic E-state index is 2.34. The van der Waals surface area contributed by atoms with E-state index < -0.39 is 0 Å². The van der Waals surface area contributed by atoms with Gasteiger partial charge in [-0.25, -0.2) is 0 Å². The van der Waals surface area contributed by atoms with Gasteiger partial charge >= 0.3 is 0 Å². The Balaban J connectivity index is 0. The van der Waals surface area contributed by atoms with Crippen LogP contribution < -0.4 is 0 Å². The molecule has 0 fully saturated rings. The van der Waals surface area contributed by atoms with Gasteiger partial charge in [-0.3, -0.25) is 0 Å². The first kappa shape index (κ1) is 19.9. The number of hydrogen-bond acceptors (Lipinski definition) is 1. The molecule has 0 saturated heterocycles. The topological polar surface area (TPSA) is 3.24 Å². The van der Waals surface area contributed by atoms with E-state index in [9.17, 15) is 0 Å². The fourth-order valence-electron chi connectivity index (χ4n) is 2.07. The van der Waals surface area contributed by atoms with Gasteiger partial charge in [0.25, 0.3) is 0 Å². The predicted octanol–water partition coefficient (Wildman–Crippen LogP) is 5.72. The van der Waals surface area contributed by atoms with Crippen LogP contribution in [0, 0.1) is 11.3 Å². The van der Waals surface area contributed by atoms with Gasteiger partial charge in [0.2, 0.25) is 0 Å². The molecule has 0 amide bonds. The van der Waals surface area contributed by atoms with Crippen LogP contribution in [0.5, 0.6) is 0 Å². The molecule has 0 saturated carbocycles. The van der Waals surface area contributed by atoms with E-state index in [1.54, 1.807) is 0 Å². The maximum absolute atomic E-state index is 2.34. The van der Waals surface area contributed by atoms with E-state index >= 15 is 0 Å². The monoisotopic (exact) mass is 255 g/mol. The van der Waals surface area contributed by atoms with Gasteiger partial charge in [-0.1, -0.05) is 54.0 Å². The summed E-state index contributed by atoms with van der Waals surface area (Å²) < 4.78 is 0. The summed E-state index contributed by atoms with van der Waals surface area (Å²) >= 11 is 0. The number of nitrogens with zero attached hydrogens (tertiary/aromatic N) is 1. The molecule has 110 valence electrons. The Kier molecular flexibility index (Phi) is 11.5. The second-order valence-electron chi connectivity index (χ2n) is 6.73. The molecule has 0 rings (SSSR count). The highest BCUT2D eigenvalue weighted by Gasteiger charge is 2.10. The van der Waals surface area contributed by atoms with Crippen LogP contribution in [-0.4, -0.2) is 18.5 Å². The normalized spacial score (nSPS) is 12.2. The highest BCUT2D eigenvalue weighted by atomic mass is 15.1. The quantitative estimate of drug-likeness (QED) is 0.586. The Hall–Kier alpha value is -0.460. The fraction of sp³-hybridized carbons (Fsp3) is 0.882. The van der Waals surface area contributed by atoms with Crippen LogP contribution in [0.3, 0.4) is 0 Å². The zero-order valence-corrected chi connectivity index (χ0v) is 14.4. The molecule has 0 aromatic carbocycles. The van der Waals surface area contributed by atoms with Crippen LogP contribution in [0.4, 0.5) is 0 Å². The van der Waals surface area contributed by atoms with Crippen LogP contribution in [0.25, 0.3) is 0 Å². The highest BCUT2D eigenvalue weighted by molar-refractivity contribution is 4.99. The van der Waals surface area contributed by atoms with Crippen molar-refractivity contribution in [2.75, 3.05) is 13.6 Å². The van der Waals surface area contributed by atoms with Gasteiger partial charge in [-0.15, -0.1) is 0 Å². The summed E-state index contributed by atoms with van der Waals surface area (Å²) in [6.07, 6.45) is 6.12. The Labute approximate surface area is 117 Å². The summed E-state index contributed by atoms with van der Waals surface area (Å²) in [5, 5.41) is 0. The summed E-state index contributed by atoms with van der Waals surface area (Å²) in [7, 11) is 2.19. The van der Waals surface area contributed by atoms with Crippen molar-refractivity contribution in [3.8, 4) is 0 Å². The van der Waals surface area contributed by atoms with Crippen molar-refractivity contribution in [1.29, 1.82) is 0 Å². The summed E-state index contributed by atoms with van der Waals surface area (Å²) in [4.78, 5) is 2.34. The average Bonchev–Trinajstić information content (AvgIpc) is 2.16. The average molecular weight is 255 g/mol. The van der Waals surface area contributed by atoms with Crippen molar-refractivity contribution in [3.63, 3.8) is 0 Å². The minimum atomic E-state index is 0.402. The van der Waals surface area contributed by atoms with Crippen molar-refractivity contribution in [3.05, 3.63) is 11.8 Å². The zero-order chi connectivity index (χ0) is 14.8. The lowest BCUT2D eigenvalue weighted by molar-refractivity contribution is 0.387. The van der Waals surface area contributed by atoms with Crippen LogP contribution in [0.1, 0.15) is 74.7 Å². The first-order valence-electron chi connectivity index (χ1n) is 7.58. The van der Waals surface area contributed by atoms with E-state index in [1.807, 2.05) is 13.8 Å². The van der Waals surface area contributed by atoms with Crippen LogP contribution in [0.2, 0.25) is 0 Å². The molecule has 1 heteroatoms. The Bertz CT molecular complexity index is 208. The van der Waals surface area contributed by atoms with E-state index in [4.69, 9.17) is 0 Å². The Morgan fingerprint density at radius 2 is 1.67 bits per heavy atom. The van der Waals surface area contributed by atoms with Crippen molar-refractivity contribution < 1.29 is 0 Å². The van der Waals surface area contributed by atoms with E-state index in [2.05, 4.69) is 59.7 Å². The molecule has 18 heavy (non-hydrogen) atoms. The third-order valence-electron chi connectivity index (χ3n) is 2.54. The van der Waals surface area contributed by atoms with Gasteiger partial charge in [0, 0.05) is 13.6 Å². The molecule has 0 atom stereocenters. The molecule has 0 aromatic rings. The molecule has 0 radical (unpaired) electrons. The highest BCUT2D eigenvalue weighted by Crippen LogP contribution is 2.23. The van der Waals surface area contributed by atoms with Gasteiger partial charge in [0.15, 0.2) is 0 Å². The SMILES string of the molecule is C/C(=C\N(C)CCCC(C)C)CC(C)(C)C.CC. The second kappa shape index (κ2) is 10.5. The molecule has 0 aliphatic heterocycles. The number of allylic oxidation sites excluding steroid dienone is 1. The Morgan fingerprint density at radius 3 is 2.06 bits per heavy atom. The van der Waals surface area contributed by atoms with Crippen LogP contribution in [-0.2, 0) is 0 Å². The fourth-order valence-corrected chi connectivity index (χ4v) is 2.07. The molecule has 0 unspecified atom stereocenters. The number of rotatable bonds is 6. The molecule has 0 aromatic heterocycles. The van der Waals surface area contributed by atoms with E-state index in [0.717, 1.165) is 5.92 Å². The molecule has 1 nitrogen and oxygen atoms in total. The predicted molar refractivity (Wildman–Crippen MR) is 85.9 cm³/mol. The summed E-state index contributed by atoms with van der Waals surface area (Å²) in [6, 6.07) is 0. The van der Waals surface area contributed by atoms with Gasteiger partial charge in [0.05, 0.1) is 0 Å². The van der Waals surface area contributed by atoms with Gasteiger partial charge in [0.1, 0.15) is 0 Å². The van der Waals surface area contributed by atoms with Crippen molar-refractivity contribution in [2.24, 2.45) is 11.3 Å². The first-order chi connectivity index (χ1) is 8.20. The minimum absolute atomic E-state index is 0.402. The molecule has 0 heterocycles. The van der Waals surface area contributed by atoms with Gasteiger partial charge in [-0.05, 0) is 43.7 Å². The number of hydrogen-bond donors (Lipinski definition) is 0. The summed E-state index contributed by atoms with van der Waals surface area (Å²) in [6.45, 7) is 18.9. The van der Waals surface area contributed by atoms with E-state index in [1.165, 1.54) is 31.4 Å². The van der Waals surface area contributed by atoms with Crippen molar-refractivity contribution in [2.45, 2.75) is 74.7 Å². The lowest BCUT2D eigenvalue weighted by Gasteiger charge is -2.21. The van der Waals surface area contributed by atoms with Gasteiger partial charge in [-0.2, -0.15) is 0 Å². The zero-order valence-electron chi connectivity index (χ0n) is 14.4. The third kappa shape index (κ3) is 15.5. The van der Waals surface area contributed by atoms with Crippen molar-refractivity contribution >= 4 is 0 Å². The van der Waals surface area contributed by atoms with Gasteiger partial charge < -0.3 is 4.90 Å². The summed E-state index contributed by atoms with van der Waals surface area (Å²) in [5.41, 5.74) is 1.89. The van der Waals surface area contributed by atoms with E-state index in [-0.39, 0.29) is 0 Å². The second-order valence-corrected chi connectivity index (χ2v) is 6.73. The third-order valence-corrected chi connectivity index (χ3v) is 2.54. The molecule has 0 spiro atoms. The van der Waals surface area contributed by atoms with E-state index in [0.29, 0.717) is 5.41 Å². The molecule has 0 aliphatic rings. The lowest BCUT2D eigenvalue weighted by atomic mass is 9.89. The van der Waals surface area contributed by atoms with Crippen LogP contribution >= 0.6 is 0 Å². The van der Waals surface area contributed by atoms with Crippen LogP contribution in [0.15, 0.2) is 11.8 Å². The standard InChI is InChI=1S/C15H31N.C2H6/c1-13(2)9-8-10-16(7)12-14(3)11-15(4,5)6;1-2/h12-13H,8-11H2,1-7H3;1-2H3/b14-12+;. The molecule has 0 bridgehead atoms. The first-order valence-corrected chi connectivity index (χ1v) is 7.58. The maximum Gasteiger partial charge on any atom is 0.0169 e. The van der Waals surface area contributed by atoms with Crippen molar-refractivity contribution in [1.82, 2.24) is 4.90 Å². The largest absolute Gasteiger partial charge is 0.380 e. The molecular weight excluding hydrogens is 218 g/mol. The summed E-state index contributed by atoms with van der Waals surface area (Å²) in [5.74, 6) is 0.827. The Morgan fingerprint density at radius 1 is 1.17 bits per heavy atom. The molecular formula is C17H37N. The smallest absolute Gasteiger partial charge is 0.0169 e.